The fourth-order valence-electron chi connectivity index (χ4n) is 3.15. The number of anilines is 1. The van der Waals surface area contributed by atoms with Crippen LogP contribution in [0.2, 0.25) is 0 Å². The van der Waals surface area contributed by atoms with Gasteiger partial charge in [0.1, 0.15) is 11.5 Å². The van der Waals surface area contributed by atoms with Gasteiger partial charge in [0.2, 0.25) is 0 Å². The molecule has 2 aromatic carbocycles. The minimum atomic E-state index is -0.342. The van der Waals surface area contributed by atoms with Gasteiger partial charge in [-0.25, -0.2) is 0 Å². The first-order chi connectivity index (χ1) is 13.5. The van der Waals surface area contributed by atoms with Crippen LogP contribution in [0.3, 0.4) is 0 Å². The van der Waals surface area contributed by atoms with Gasteiger partial charge in [-0.15, -0.1) is 0 Å². The Labute approximate surface area is 161 Å². The van der Waals surface area contributed by atoms with Crippen LogP contribution in [0.1, 0.15) is 15.9 Å². The molecule has 0 aliphatic rings. The van der Waals surface area contributed by atoms with Crippen LogP contribution in [0.4, 0.5) is 5.69 Å². The van der Waals surface area contributed by atoms with Gasteiger partial charge in [0.15, 0.2) is 0 Å². The number of carbonyl (C=O) groups is 1. The van der Waals surface area contributed by atoms with Gasteiger partial charge in [-0.05, 0) is 48.9 Å². The second-order valence-electron chi connectivity index (χ2n) is 6.57. The van der Waals surface area contributed by atoms with Gasteiger partial charge in [-0.2, -0.15) is 0 Å². The molecule has 0 unspecified atom stereocenters. The molecule has 140 valence electrons. The molecule has 2 aromatic heterocycles. The summed E-state index contributed by atoms with van der Waals surface area (Å²) in [5.74, 6) is 1.07. The second kappa shape index (κ2) is 7.08. The number of hydrogen-bond acceptors (Lipinski definition) is 3. The van der Waals surface area contributed by atoms with Crippen molar-refractivity contribution in [3.63, 3.8) is 0 Å². The molecular weight excluding hydrogens is 354 g/mol. The first-order valence-electron chi connectivity index (χ1n) is 8.84. The lowest BCUT2D eigenvalue weighted by molar-refractivity contribution is 0.102. The fraction of sp³-hybridized carbons (Fsp3) is 0.0909. The van der Waals surface area contributed by atoms with E-state index in [2.05, 4.69) is 10.3 Å². The lowest BCUT2D eigenvalue weighted by Crippen LogP contribution is -2.20. The molecule has 0 spiro atoms. The van der Waals surface area contributed by atoms with E-state index in [9.17, 15) is 9.59 Å². The number of H-pyrrole nitrogens is 1. The molecule has 0 atom stereocenters. The number of rotatable bonds is 4. The number of hydrogen-bond donors (Lipinski definition) is 2. The Morgan fingerprint density at radius 2 is 1.71 bits per heavy atom. The summed E-state index contributed by atoms with van der Waals surface area (Å²) in [6.45, 7) is 1.89. The maximum atomic E-state index is 12.7. The van der Waals surface area contributed by atoms with Crippen molar-refractivity contribution in [2.45, 2.75) is 6.92 Å². The predicted octanol–water partition coefficient (Wildman–Crippen LogP) is 4.22. The lowest BCUT2D eigenvalue weighted by Gasteiger charge is -2.08. The highest BCUT2D eigenvalue weighted by Gasteiger charge is 2.17. The molecule has 28 heavy (non-hydrogen) atoms. The molecule has 0 aliphatic heterocycles. The fourth-order valence-corrected chi connectivity index (χ4v) is 3.15. The van der Waals surface area contributed by atoms with Gasteiger partial charge in [0.05, 0.1) is 16.5 Å². The van der Waals surface area contributed by atoms with Gasteiger partial charge >= 0.3 is 0 Å². The first kappa shape index (κ1) is 17.6. The normalized spacial score (nSPS) is 10.8. The predicted molar refractivity (Wildman–Crippen MR) is 109 cm³/mol. The Morgan fingerprint density at radius 3 is 2.43 bits per heavy atom. The van der Waals surface area contributed by atoms with Crippen LogP contribution >= 0.6 is 0 Å². The highest BCUT2D eigenvalue weighted by molar-refractivity contribution is 6.12. The van der Waals surface area contributed by atoms with E-state index in [-0.39, 0.29) is 11.5 Å². The molecule has 2 N–H and O–H groups in total. The van der Waals surface area contributed by atoms with Crippen LogP contribution < -0.4 is 15.6 Å². The lowest BCUT2D eigenvalue weighted by atomic mass is 10.1. The minimum Gasteiger partial charge on any atom is -0.457 e. The molecule has 0 saturated carbocycles. The molecule has 4 aromatic rings. The summed E-state index contributed by atoms with van der Waals surface area (Å²) in [4.78, 5) is 28.2. The summed E-state index contributed by atoms with van der Waals surface area (Å²) in [7, 11) is 1.68. The third-order valence-corrected chi connectivity index (χ3v) is 4.53. The van der Waals surface area contributed by atoms with Crippen molar-refractivity contribution in [1.29, 1.82) is 0 Å². The van der Waals surface area contributed by atoms with Crippen molar-refractivity contribution in [1.82, 2.24) is 9.55 Å². The Hall–Kier alpha value is -3.80. The average Bonchev–Trinajstić information content (AvgIpc) is 3.15. The molecule has 0 bridgehead atoms. The van der Waals surface area contributed by atoms with Crippen LogP contribution in [0.15, 0.2) is 71.8 Å². The van der Waals surface area contributed by atoms with E-state index in [1.54, 1.807) is 43.7 Å². The third kappa shape index (κ3) is 3.27. The number of carbonyl (C=O) groups excluding carboxylic acids is 1. The van der Waals surface area contributed by atoms with E-state index < -0.39 is 0 Å². The van der Waals surface area contributed by atoms with E-state index >= 15 is 0 Å². The first-order valence-corrected chi connectivity index (χ1v) is 8.84. The highest BCUT2D eigenvalue weighted by Crippen LogP contribution is 2.24. The Morgan fingerprint density at radius 1 is 1.04 bits per heavy atom. The Bertz CT molecular complexity index is 1210. The maximum Gasteiger partial charge on any atom is 0.260 e. The number of nitrogens with one attached hydrogen (secondary N) is 2. The highest BCUT2D eigenvalue weighted by atomic mass is 16.5. The van der Waals surface area contributed by atoms with Crippen LogP contribution in [0.5, 0.6) is 11.5 Å². The average molecular weight is 373 g/mol. The quantitative estimate of drug-likeness (QED) is 0.562. The molecular formula is C22H19N3O3. The zero-order chi connectivity index (χ0) is 19.7. The monoisotopic (exact) mass is 373 g/mol. The molecule has 2 heterocycles. The van der Waals surface area contributed by atoms with Crippen molar-refractivity contribution in [3.8, 4) is 11.5 Å². The van der Waals surface area contributed by atoms with Crippen molar-refractivity contribution in [2.75, 3.05) is 5.32 Å². The number of aromatic amines is 1. The molecule has 0 aliphatic carbocycles. The number of benzene rings is 2. The van der Waals surface area contributed by atoms with Gasteiger partial charge in [-0.1, -0.05) is 18.2 Å². The van der Waals surface area contributed by atoms with Gasteiger partial charge < -0.3 is 19.6 Å². The number of para-hydroxylation sites is 1. The molecule has 0 radical (unpaired) electrons. The summed E-state index contributed by atoms with van der Waals surface area (Å²) in [5, 5.41) is 3.22. The molecule has 1 amide bonds. The summed E-state index contributed by atoms with van der Waals surface area (Å²) in [5.41, 5.74) is 2.31. The van der Waals surface area contributed by atoms with Crippen LogP contribution in [-0.4, -0.2) is 15.5 Å². The number of pyridine rings is 1. The number of nitrogens with zero attached hydrogens (tertiary/aromatic N) is 1. The van der Waals surface area contributed by atoms with Crippen molar-refractivity contribution >= 4 is 22.5 Å². The van der Waals surface area contributed by atoms with Crippen molar-refractivity contribution in [2.24, 2.45) is 7.05 Å². The molecule has 6 nitrogen and oxygen atoms in total. The standard InChI is InChI=1S/C22H19N3O3/c1-14-13-25(2)22(27)19-18(12-23-20(14)19)21(26)24-15-8-10-17(11-9-15)28-16-6-4-3-5-7-16/h3-13,23H,1-2H3,(H,24,26). The van der Waals surface area contributed by atoms with Gasteiger partial charge in [0, 0.05) is 25.1 Å². The van der Waals surface area contributed by atoms with Gasteiger partial charge in [-0.3, -0.25) is 9.59 Å². The van der Waals surface area contributed by atoms with E-state index in [1.807, 2.05) is 37.3 Å². The van der Waals surface area contributed by atoms with E-state index in [0.29, 0.717) is 27.9 Å². The molecule has 4 rings (SSSR count). The number of fused-ring (bicyclic) bond motifs is 1. The Balaban J connectivity index is 1.56. The molecule has 0 saturated heterocycles. The minimum absolute atomic E-state index is 0.210. The summed E-state index contributed by atoms with van der Waals surface area (Å²) >= 11 is 0. The summed E-state index contributed by atoms with van der Waals surface area (Å²) in [6, 6.07) is 16.5. The SMILES string of the molecule is Cc1cn(C)c(=O)c2c(C(=O)Nc3ccc(Oc4ccccc4)cc3)c[nH]c12. The number of aromatic nitrogens is 2. The van der Waals surface area contributed by atoms with E-state index in [0.717, 1.165) is 11.3 Å². The van der Waals surface area contributed by atoms with Crippen LogP contribution in [-0.2, 0) is 7.05 Å². The zero-order valence-electron chi connectivity index (χ0n) is 15.5. The second-order valence-corrected chi connectivity index (χ2v) is 6.57. The zero-order valence-corrected chi connectivity index (χ0v) is 15.5. The van der Waals surface area contributed by atoms with E-state index in [4.69, 9.17) is 4.74 Å². The Kier molecular flexibility index (Phi) is 4.45. The number of aryl methyl sites for hydroxylation is 2. The van der Waals surface area contributed by atoms with Crippen molar-refractivity contribution in [3.05, 3.63) is 88.5 Å². The smallest absolute Gasteiger partial charge is 0.260 e. The van der Waals surface area contributed by atoms with Crippen LogP contribution in [0, 0.1) is 6.92 Å². The van der Waals surface area contributed by atoms with Gasteiger partial charge in [0.25, 0.3) is 11.5 Å². The summed E-state index contributed by atoms with van der Waals surface area (Å²) in [6.07, 6.45) is 3.32. The topological polar surface area (TPSA) is 76.1 Å². The van der Waals surface area contributed by atoms with Crippen LogP contribution in [0.25, 0.3) is 10.9 Å². The third-order valence-electron chi connectivity index (χ3n) is 4.53. The molecule has 0 fully saturated rings. The largest absolute Gasteiger partial charge is 0.457 e. The molecule has 6 heteroatoms. The number of ether oxygens (including phenoxy) is 1. The maximum absolute atomic E-state index is 12.7. The van der Waals surface area contributed by atoms with Crippen molar-refractivity contribution < 1.29 is 9.53 Å². The number of amides is 1. The van der Waals surface area contributed by atoms with E-state index in [1.165, 1.54) is 4.57 Å². The summed E-state index contributed by atoms with van der Waals surface area (Å²) < 4.78 is 7.23.